The minimum absolute atomic E-state index is 0.394. The topological polar surface area (TPSA) is 127 Å². The molecule has 0 rings (SSSR count). The van der Waals surface area contributed by atoms with Gasteiger partial charge in [-0.3, -0.25) is 11.7 Å². The summed E-state index contributed by atoms with van der Waals surface area (Å²) in [7, 11) is 0. The summed E-state index contributed by atoms with van der Waals surface area (Å²) in [6.45, 7) is -0.394. The van der Waals surface area contributed by atoms with Gasteiger partial charge >= 0.3 is 6.03 Å². The van der Waals surface area contributed by atoms with Crippen LogP contribution in [0.2, 0.25) is 0 Å². The second-order valence-electron chi connectivity index (χ2n) is 0.699. The van der Waals surface area contributed by atoms with Gasteiger partial charge in [0.05, 0.1) is 0 Å². The molecular formula is C2H10N4O2. The Balaban J connectivity index is 0. The van der Waals surface area contributed by atoms with Crippen LogP contribution in [0, 0.1) is 0 Å². The van der Waals surface area contributed by atoms with Gasteiger partial charge in [0, 0.05) is 0 Å². The molecule has 0 aromatic carbocycles. The van der Waals surface area contributed by atoms with E-state index in [9.17, 15) is 4.79 Å². The standard InChI is InChI=1S/C2H6N2O2.H4N2/c3-2(6)4-1-5;1-2/h5H,1H2,(H3,3,4,6);1-2H2. The molecule has 0 saturated carbocycles. The van der Waals surface area contributed by atoms with Crippen molar-refractivity contribution in [3.05, 3.63) is 0 Å². The molecular weight excluding hydrogens is 112 g/mol. The van der Waals surface area contributed by atoms with Gasteiger partial charge in [-0.1, -0.05) is 0 Å². The summed E-state index contributed by atoms with van der Waals surface area (Å²) < 4.78 is 0. The van der Waals surface area contributed by atoms with Crippen LogP contribution in [0.25, 0.3) is 0 Å². The Morgan fingerprint density at radius 3 is 2.00 bits per heavy atom. The van der Waals surface area contributed by atoms with E-state index in [2.05, 4.69) is 17.4 Å². The Bertz CT molecular complexity index is 56.0. The van der Waals surface area contributed by atoms with Crippen molar-refractivity contribution in [2.45, 2.75) is 0 Å². The number of amides is 2. The second kappa shape index (κ2) is 9.47. The van der Waals surface area contributed by atoms with E-state index in [4.69, 9.17) is 5.11 Å². The van der Waals surface area contributed by atoms with Gasteiger partial charge in [-0.25, -0.2) is 4.79 Å². The third-order valence-corrected chi connectivity index (χ3v) is 0.253. The van der Waals surface area contributed by atoms with Crippen molar-refractivity contribution < 1.29 is 9.90 Å². The number of urea groups is 1. The van der Waals surface area contributed by atoms with Gasteiger partial charge in [-0.05, 0) is 0 Å². The van der Waals surface area contributed by atoms with E-state index in [0.29, 0.717) is 0 Å². The van der Waals surface area contributed by atoms with Crippen LogP contribution >= 0.6 is 0 Å². The molecule has 0 bridgehead atoms. The lowest BCUT2D eigenvalue weighted by Crippen LogP contribution is -2.29. The lowest BCUT2D eigenvalue weighted by atomic mass is 11.0. The molecule has 0 aromatic rings. The van der Waals surface area contributed by atoms with Gasteiger partial charge in [-0.15, -0.1) is 0 Å². The third-order valence-electron chi connectivity index (χ3n) is 0.253. The maximum Gasteiger partial charge on any atom is 0.313 e. The molecule has 0 aliphatic rings. The Kier molecular flexibility index (Phi) is 12.1. The largest absolute Gasteiger partial charge is 0.376 e. The molecule has 0 aliphatic carbocycles. The maximum atomic E-state index is 9.55. The van der Waals surface area contributed by atoms with Crippen LogP contribution in [0.4, 0.5) is 4.79 Å². The molecule has 0 heterocycles. The summed E-state index contributed by atoms with van der Waals surface area (Å²) in [4.78, 5) is 9.55. The molecule has 0 unspecified atom stereocenters. The highest BCUT2D eigenvalue weighted by Gasteiger charge is 1.80. The average Bonchev–Trinajstić information content (AvgIpc) is 1.72. The van der Waals surface area contributed by atoms with E-state index in [1.54, 1.807) is 0 Å². The molecule has 8 heavy (non-hydrogen) atoms. The van der Waals surface area contributed by atoms with Crippen LogP contribution in [0.5, 0.6) is 0 Å². The highest BCUT2D eigenvalue weighted by molar-refractivity contribution is 5.71. The first-order valence-electron chi connectivity index (χ1n) is 1.75. The monoisotopic (exact) mass is 122 g/mol. The fourth-order valence-electron chi connectivity index (χ4n) is 0.0779. The third kappa shape index (κ3) is 19.2. The summed E-state index contributed by atoms with van der Waals surface area (Å²) in [5.74, 6) is 8.00. The number of nitrogens with one attached hydrogen (secondary N) is 1. The summed E-state index contributed by atoms with van der Waals surface area (Å²) >= 11 is 0. The molecule has 0 atom stereocenters. The Labute approximate surface area is 46.6 Å². The number of nitrogens with two attached hydrogens (primary N) is 3. The first-order chi connectivity index (χ1) is 3.77. The fourth-order valence-corrected chi connectivity index (χ4v) is 0.0779. The van der Waals surface area contributed by atoms with Crippen molar-refractivity contribution in [1.82, 2.24) is 5.32 Å². The molecule has 6 heteroatoms. The Morgan fingerprint density at radius 2 is 2.00 bits per heavy atom. The van der Waals surface area contributed by atoms with Crippen molar-refractivity contribution in [3.8, 4) is 0 Å². The van der Waals surface area contributed by atoms with Crippen LogP contribution in [-0.4, -0.2) is 17.9 Å². The van der Waals surface area contributed by atoms with Crippen LogP contribution < -0.4 is 22.7 Å². The van der Waals surface area contributed by atoms with Gasteiger partial charge in [-0.2, -0.15) is 0 Å². The Morgan fingerprint density at radius 1 is 1.62 bits per heavy atom. The van der Waals surface area contributed by atoms with E-state index in [-0.39, 0.29) is 0 Å². The molecule has 8 N–H and O–H groups in total. The minimum atomic E-state index is -0.711. The van der Waals surface area contributed by atoms with Gasteiger partial charge in [0.1, 0.15) is 6.73 Å². The number of rotatable bonds is 1. The summed E-state index contributed by atoms with van der Waals surface area (Å²) in [5, 5.41) is 9.73. The van der Waals surface area contributed by atoms with Gasteiger partial charge < -0.3 is 16.2 Å². The van der Waals surface area contributed by atoms with E-state index in [1.165, 1.54) is 0 Å². The number of hydrazine groups is 1. The number of aliphatic hydroxyl groups excluding tert-OH is 1. The quantitative estimate of drug-likeness (QED) is 0.149. The van der Waals surface area contributed by atoms with Crippen LogP contribution in [0.1, 0.15) is 0 Å². The normalized spacial score (nSPS) is 6.38. The molecule has 0 spiro atoms. The first-order valence-corrected chi connectivity index (χ1v) is 1.75. The summed E-state index contributed by atoms with van der Waals surface area (Å²) in [5.41, 5.74) is 4.49. The van der Waals surface area contributed by atoms with Crippen LogP contribution in [0.15, 0.2) is 0 Å². The van der Waals surface area contributed by atoms with Gasteiger partial charge in [0.15, 0.2) is 0 Å². The zero-order valence-electron chi connectivity index (χ0n) is 4.29. The Hall–Kier alpha value is -0.850. The molecule has 2 amide bonds. The molecule has 0 saturated heterocycles. The maximum absolute atomic E-state index is 9.55. The molecule has 6 nitrogen and oxygen atoms in total. The molecule has 0 radical (unpaired) electrons. The van der Waals surface area contributed by atoms with Gasteiger partial charge in [0.2, 0.25) is 0 Å². The zero-order valence-corrected chi connectivity index (χ0v) is 4.29. The van der Waals surface area contributed by atoms with E-state index >= 15 is 0 Å². The van der Waals surface area contributed by atoms with E-state index in [1.807, 2.05) is 5.32 Å². The number of hydrogen-bond acceptors (Lipinski definition) is 4. The van der Waals surface area contributed by atoms with Crippen molar-refractivity contribution in [2.24, 2.45) is 17.4 Å². The van der Waals surface area contributed by atoms with Crippen molar-refractivity contribution in [1.29, 1.82) is 0 Å². The van der Waals surface area contributed by atoms with Crippen molar-refractivity contribution in [2.75, 3.05) is 6.73 Å². The lowest BCUT2D eigenvalue weighted by molar-refractivity contribution is 0.225. The average molecular weight is 122 g/mol. The predicted molar refractivity (Wildman–Crippen MR) is 28.2 cm³/mol. The van der Waals surface area contributed by atoms with E-state index < -0.39 is 12.8 Å². The predicted octanol–water partition coefficient (Wildman–Crippen LogP) is -2.58. The first kappa shape index (κ1) is 10.2. The molecule has 50 valence electrons. The van der Waals surface area contributed by atoms with Crippen molar-refractivity contribution in [3.63, 3.8) is 0 Å². The fraction of sp³-hybridized carbons (Fsp3) is 0.500. The number of hydrogen-bond donors (Lipinski definition) is 5. The smallest absolute Gasteiger partial charge is 0.313 e. The van der Waals surface area contributed by atoms with Gasteiger partial charge in [0.25, 0.3) is 0 Å². The van der Waals surface area contributed by atoms with Crippen LogP contribution in [0.3, 0.4) is 0 Å². The highest BCUT2D eigenvalue weighted by atomic mass is 16.3. The minimum Gasteiger partial charge on any atom is -0.376 e. The van der Waals surface area contributed by atoms with Crippen LogP contribution in [-0.2, 0) is 0 Å². The summed E-state index contributed by atoms with van der Waals surface area (Å²) in [6.07, 6.45) is 0. The summed E-state index contributed by atoms with van der Waals surface area (Å²) in [6, 6.07) is -0.711. The molecule has 0 aromatic heterocycles. The highest BCUT2D eigenvalue weighted by Crippen LogP contribution is 1.45. The SMILES string of the molecule is NC(=O)NCO.NN. The molecule has 0 fully saturated rings. The molecule has 0 aliphatic heterocycles. The lowest BCUT2D eigenvalue weighted by Gasteiger charge is -1.88. The second-order valence-corrected chi connectivity index (χ2v) is 0.699. The van der Waals surface area contributed by atoms with Crippen molar-refractivity contribution >= 4 is 6.03 Å². The zero-order chi connectivity index (χ0) is 6.99. The van der Waals surface area contributed by atoms with E-state index in [0.717, 1.165) is 0 Å². The number of carbonyl (C=O) groups is 1. The number of aliphatic hydroxyl groups is 1. The number of primary amides is 1. The number of carbonyl (C=O) groups excluding carboxylic acids is 1.